The van der Waals surface area contributed by atoms with Gasteiger partial charge in [-0.3, -0.25) is 0 Å². The first-order valence-corrected chi connectivity index (χ1v) is 6.09. The van der Waals surface area contributed by atoms with Gasteiger partial charge in [0.15, 0.2) is 0 Å². The van der Waals surface area contributed by atoms with Crippen LogP contribution in [0.3, 0.4) is 0 Å². The number of hydrogen-bond donors (Lipinski definition) is 1. The second kappa shape index (κ2) is 4.85. The number of morpholine rings is 1. The minimum atomic E-state index is 0.826. The Balaban J connectivity index is 1.72. The smallest absolute Gasteiger partial charge is 0.150 e. The zero-order valence-electron chi connectivity index (χ0n) is 6.97. The molecule has 0 atom stereocenters. The molecule has 1 aromatic heterocycles. The van der Waals surface area contributed by atoms with Crippen molar-refractivity contribution in [2.45, 2.75) is 5.03 Å². The number of ether oxygens (including phenoxy) is 1. The first-order valence-electron chi connectivity index (χ1n) is 3.98. The van der Waals surface area contributed by atoms with E-state index in [2.05, 4.69) is 19.7 Å². The summed E-state index contributed by atoms with van der Waals surface area (Å²) in [6.45, 7) is 3.61. The predicted molar refractivity (Wildman–Crippen MR) is 52.2 cm³/mol. The molecule has 0 amide bonds. The predicted octanol–water partition coefficient (Wildman–Crippen LogP) is 0.792. The Bertz CT molecular complexity index is 237. The molecule has 0 radical (unpaired) electrons. The van der Waals surface area contributed by atoms with Crippen LogP contribution in [0, 0.1) is 0 Å². The largest absolute Gasteiger partial charge is 0.379 e. The summed E-state index contributed by atoms with van der Waals surface area (Å²) in [6.07, 6.45) is 1.72. The van der Waals surface area contributed by atoms with E-state index in [1.807, 2.05) is 0 Å². The van der Waals surface area contributed by atoms with Gasteiger partial charge in [0.1, 0.15) is 5.03 Å². The van der Waals surface area contributed by atoms with Gasteiger partial charge in [-0.15, -0.1) is 5.10 Å². The van der Waals surface area contributed by atoms with Crippen LogP contribution in [-0.2, 0) is 4.74 Å². The van der Waals surface area contributed by atoms with Gasteiger partial charge in [0.2, 0.25) is 0 Å². The summed E-state index contributed by atoms with van der Waals surface area (Å²) in [7, 11) is 3.32. The molecular weight excluding hydrogens is 208 g/mol. The quantitative estimate of drug-likeness (QED) is 0.598. The molecule has 0 aliphatic carbocycles. The molecule has 1 aliphatic rings. The highest BCUT2D eigenvalue weighted by atomic mass is 33.1. The highest BCUT2D eigenvalue weighted by Gasteiger charge is 2.11. The minimum absolute atomic E-state index is 0.826. The Labute approximate surface area is 84.1 Å². The fraction of sp³-hybridized carbons (Fsp3) is 0.667. The molecule has 1 fully saturated rings. The summed E-state index contributed by atoms with van der Waals surface area (Å²) in [5.41, 5.74) is 0. The fourth-order valence-electron chi connectivity index (χ4n) is 0.943. The van der Waals surface area contributed by atoms with E-state index in [-0.39, 0.29) is 0 Å². The summed E-state index contributed by atoms with van der Waals surface area (Å²) >= 11 is 0. The third-order valence-corrected chi connectivity index (χ3v) is 3.98. The summed E-state index contributed by atoms with van der Waals surface area (Å²) in [5.74, 6) is 0. The molecule has 5 nitrogen and oxygen atoms in total. The zero-order chi connectivity index (χ0) is 8.93. The minimum Gasteiger partial charge on any atom is -0.379 e. The van der Waals surface area contributed by atoms with Crippen molar-refractivity contribution in [3.8, 4) is 0 Å². The van der Waals surface area contributed by atoms with Crippen molar-refractivity contribution in [3.63, 3.8) is 0 Å². The first kappa shape index (κ1) is 9.32. The number of H-pyrrole nitrogens is 1. The zero-order valence-corrected chi connectivity index (χ0v) is 8.61. The van der Waals surface area contributed by atoms with Crippen LogP contribution in [0.2, 0.25) is 0 Å². The maximum absolute atomic E-state index is 5.24. The van der Waals surface area contributed by atoms with Crippen LogP contribution in [0.4, 0.5) is 0 Å². The number of hydrogen-bond acceptors (Lipinski definition) is 6. The molecule has 13 heavy (non-hydrogen) atoms. The van der Waals surface area contributed by atoms with E-state index in [0.717, 1.165) is 31.3 Å². The Hall–Kier alpha value is -0.240. The van der Waals surface area contributed by atoms with E-state index < -0.39 is 0 Å². The van der Waals surface area contributed by atoms with Crippen LogP contribution in [0.15, 0.2) is 11.2 Å². The average molecular weight is 218 g/mol. The van der Waals surface area contributed by atoms with Gasteiger partial charge < -0.3 is 4.74 Å². The SMILES string of the molecule is c1n[nH]nc1SSN1CCOCC1. The van der Waals surface area contributed by atoms with Gasteiger partial charge in [0.25, 0.3) is 0 Å². The lowest BCUT2D eigenvalue weighted by Crippen LogP contribution is -2.30. The van der Waals surface area contributed by atoms with Crippen LogP contribution in [-0.4, -0.2) is 46.0 Å². The Morgan fingerprint density at radius 2 is 2.31 bits per heavy atom. The molecule has 1 aromatic rings. The summed E-state index contributed by atoms with van der Waals surface area (Å²) < 4.78 is 7.51. The van der Waals surface area contributed by atoms with Gasteiger partial charge in [0, 0.05) is 13.1 Å². The van der Waals surface area contributed by atoms with E-state index in [1.165, 1.54) is 0 Å². The van der Waals surface area contributed by atoms with Gasteiger partial charge >= 0.3 is 0 Å². The Kier molecular flexibility index (Phi) is 3.48. The molecule has 1 N–H and O–H groups in total. The summed E-state index contributed by atoms with van der Waals surface area (Å²) in [6, 6.07) is 0. The molecule has 0 unspecified atom stereocenters. The van der Waals surface area contributed by atoms with Crippen molar-refractivity contribution in [2.75, 3.05) is 26.3 Å². The van der Waals surface area contributed by atoms with Crippen LogP contribution < -0.4 is 0 Å². The highest BCUT2D eigenvalue weighted by molar-refractivity contribution is 8.75. The molecule has 0 bridgehead atoms. The summed E-state index contributed by atoms with van der Waals surface area (Å²) in [4.78, 5) is 0. The highest BCUT2D eigenvalue weighted by Crippen LogP contribution is 2.31. The van der Waals surface area contributed by atoms with Gasteiger partial charge in [-0.2, -0.15) is 10.3 Å². The first-order chi connectivity index (χ1) is 6.45. The van der Waals surface area contributed by atoms with Crippen molar-refractivity contribution in [3.05, 3.63) is 6.20 Å². The lowest BCUT2D eigenvalue weighted by Gasteiger charge is -2.23. The van der Waals surface area contributed by atoms with Gasteiger partial charge in [0.05, 0.1) is 19.4 Å². The maximum Gasteiger partial charge on any atom is 0.150 e. The molecule has 2 rings (SSSR count). The van der Waals surface area contributed by atoms with E-state index >= 15 is 0 Å². The number of nitrogens with zero attached hydrogens (tertiary/aromatic N) is 3. The Morgan fingerprint density at radius 1 is 1.46 bits per heavy atom. The van der Waals surface area contributed by atoms with E-state index in [4.69, 9.17) is 4.74 Å². The summed E-state index contributed by atoms with van der Waals surface area (Å²) in [5, 5.41) is 11.2. The molecule has 7 heteroatoms. The average Bonchev–Trinajstić information content (AvgIpc) is 2.69. The van der Waals surface area contributed by atoms with Crippen LogP contribution in [0.5, 0.6) is 0 Å². The third-order valence-electron chi connectivity index (χ3n) is 1.59. The van der Waals surface area contributed by atoms with Crippen molar-refractivity contribution in [2.24, 2.45) is 0 Å². The standard InChI is InChI=1S/C6H10N4OS2/c1-3-11-4-2-10(1)13-12-6-5-7-9-8-6/h5H,1-4H2,(H,7,8,9). The van der Waals surface area contributed by atoms with Crippen molar-refractivity contribution < 1.29 is 4.74 Å². The van der Waals surface area contributed by atoms with E-state index in [0.29, 0.717) is 0 Å². The van der Waals surface area contributed by atoms with Crippen LogP contribution >= 0.6 is 21.8 Å². The number of rotatable bonds is 3. The van der Waals surface area contributed by atoms with Gasteiger partial charge in [-0.05, 0) is 21.8 Å². The molecule has 0 spiro atoms. The van der Waals surface area contributed by atoms with E-state index in [1.54, 1.807) is 28.0 Å². The lowest BCUT2D eigenvalue weighted by atomic mass is 10.5. The third kappa shape index (κ3) is 2.87. The second-order valence-electron chi connectivity index (χ2n) is 2.51. The van der Waals surface area contributed by atoms with Crippen LogP contribution in [0.25, 0.3) is 0 Å². The van der Waals surface area contributed by atoms with E-state index in [9.17, 15) is 0 Å². The molecule has 72 valence electrons. The van der Waals surface area contributed by atoms with Crippen molar-refractivity contribution >= 4 is 21.8 Å². The second-order valence-corrected chi connectivity index (χ2v) is 4.71. The Morgan fingerprint density at radius 3 is 3.00 bits per heavy atom. The molecule has 1 saturated heterocycles. The van der Waals surface area contributed by atoms with Crippen molar-refractivity contribution in [1.82, 2.24) is 19.7 Å². The van der Waals surface area contributed by atoms with Gasteiger partial charge in [-0.25, -0.2) is 4.31 Å². The van der Waals surface area contributed by atoms with Crippen molar-refractivity contribution in [1.29, 1.82) is 0 Å². The molecular formula is C6H10N4OS2. The van der Waals surface area contributed by atoms with Gasteiger partial charge in [-0.1, -0.05) is 0 Å². The normalized spacial score (nSPS) is 19.1. The maximum atomic E-state index is 5.24. The molecule has 0 saturated carbocycles. The number of aromatic amines is 1. The fourth-order valence-corrected chi connectivity index (χ4v) is 2.83. The lowest BCUT2D eigenvalue weighted by molar-refractivity contribution is 0.0779. The van der Waals surface area contributed by atoms with Crippen LogP contribution in [0.1, 0.15) is 0 Å². The molecule has 2 heterocycles. The topological polar surface area (TPSA) is 54.0 Å². The monoisotopic (exact) mass is 218 g/mol. The molecule has 0 aromatic carbocycles. The number of nitrogens with one attached hydrogen (secondary N) is 1. The molecule has 1 aliphatic heterocycles. The number of aromatic nitrogens is 3.